The van der Waals surface area contributed by atoms with Gasteiger partial charge in [0.25, 0.3) is 0 Å². The molecule has 0 saturated carbocycles. The van der Waals surface area contributed by atoms with Crippen LogP contribution in [0.25, 0.3) is 11.0 Å². The zero-order valence-electron chi connectivity index (χ0n) is 16.0. The molecule has 5 heteroatoms. The fourth-order valence-electron chi connectivity index (χ4n) is 3.30. The van der Waals surface area contributed by atoms with Crippen LogP contribution in [-0.4, -0.2) is 13.0 Å². The molecule has 1 aromatic heterocycles. The molecule has 3 aromatic carbocycles. The maximum absolute atomic E-state index is 13.3. The first-order valence-electron chi connectivity index (χ1n) is 9.28. The van der Waals surface area contributed by atoms with Crippen LogP contribution in [0.5, 0.6) is 5.75 Å². The van der Waals surface area contributed by atoms with E-state index < -0.39 is 0 Å². The number of rotatable bonds is 6. The molecule has 0 bridgehead atoms. The largest absolute Gasteiger partial charge is 0.497 e. The molecule has 0 radical (unpaired) electrons. The zero-order chi connectivity index (χ0) is 20.2. The number of fused-ring (bicyclic) bond motifs is 1. The predicted octanol–water partition coefficient (Wildman–Crippen LogP) is 5.98. The van der Waals surface area contributed by atoms with Gasteiger partial charge in [0.15, 0.2) is 0 Å². The number of anilines is 1. The number of furan rings is 1. The smallest absolute Gasteiger partial charge is 0.231 e. The van der Waals surface area contributed by atoms with Crippen LogP contribution in [-0.2, 0) is 17.8 Å². The van der Waals surface area contributed by atoms with Crippen molar-refractivity contribution in [1.82, 2.24) is 0 Å². The molecule has 29 heavy (non-hydrogen) atoms. The maximum atomic E-state index is 13.3. The van der Waals surface area contributed by atoms with Crippen LogP contribution in [0.4, 0.5) is 5.69 Å². The quantitative estimate of drug-likeness (QED) is 0.363. The normalized spacial score (nSPS) is 10.8. The van der Waals surface area contributed by atoms with E-state index in [2.05, 4.69) is 15.9 Å². The summed E-state index contributed by atoms with van der Waals surface area (Å²) in [4.78, 5) is 15.1. The Bertz CT molecular complexity index is 1120. The molecule has 0 N–H and O–H groups in total. The molecule has 0 aliphatic carbocycles. The van der Waals surface area contributed by atoms with Gasteiger partial charge in [0.2, 0.25) is 5.91 Å². The van der Waals surface area contributed by atoms with Gasteiger partial charge in [-0.15, -0.1) is 0 Å². The van der Waals surface area contributed by atoms with E-state index in [0.717, 1.165) is 38.0 Å². The molecular weight excluding hydrogens is 430 g/mol. The van der Waals surface area contributed by atoms with E-state index in [1.54, 1.807) is 18.3 Å². The van der Waals surface area contributed by atoms with E-state index in [4.69, 9.17) is 9.15 Å². The highest BCUT2D eigenvalue weighted by Gasteiger charge is 2.19. The van der Waals surface area contributed by atoms with E-state index in [1.807, 2.05) is 72.8 Å². The van der Waals surface area contributed by atoms with Crippen molar-refractivity contribution in [2.45, 2.75) is 13.0 Å². The van der Waals surface area contributed by atoms with Gasteiger partial charge < -0.3 is 14.1 Å². The zero-order valence-corrected chi connectivity index (χ0v) is 17.6. The van der Waals surface area contributed by atoms with Crippen LogP contribution in [0.1, 0.15) is 11.1 Å². The van der Waals surface area contributed by atoms with Crippen molar-refractivity contribution in [2.75, 3.05) is 12.0 Å². The highest BCUT2D eigenvalue weighted by atomic mass is 79.9. The van der Waals surface area contributed by atoms with Crippen molar-refractivity contribution >= 4 is 38.5 Å². The van der Waals surface area contributed by atoms with Gasteiger partial charge in [0.05, 0.1) is 26.3 Å². The third kappa shape index (κ3) is 4.35. The van der Waals surface area contributed by atoms with Gasteiger partial charge in [-0.1, -0.05) is 46.3 Å². The number of benzene rings is 3. The first-order chi connectivity index (χ1) is 14.1. The Labute approximate surface area is 177 Å². The number of hydrogen-bond acceptors (Lipinski definition) is 3. The number of amides is 1. The molecule has 0 unspecified atom stereocenters. The van der Waals surface area contributed by atoms with Crippen LogP contribution in [0, 0.1) is 0 Å². The Hall–Kier alpha value is -3.05. The summed E-state index contributed by atoms with van der Waals surface area (Å²) in [6, 6.07) is 23.3. The first-order valence-corrected chi connectivity index (χ1v) is 10.1. The summed E-state index contributed by atoms with van der Waals surface area (Å²) in [5, 5.41) is 0.946. The summed E-state index contributed by atoms with van der Waals surface area (Å²) in [6.07, 6.45) is 1.92. The van der Waals surface area contributed by atoms with E-state index >= 15 is 0 Å². The molecule has 1 heterocycles. The van der Waals surface area contributed by atoms with Gasteiger partial charge in [0, 0.05) is 21.1 Å². The lowest BCUT2D eigenvalue weighted by atomic mass is 10.1. The second kappa shape index (κ2) is 8.53. The molecule has 0 atom stereocenters. The summed E-state index contributed by atoms with van der Waals surface area (Å²) >= 11 is 3.49. The summed E-state index contributed by atoms with van der Waals surface area (Å²) in [5.74, 6) is 0.758. The van der Waals surface area contributed by atoms with Crippen molar-refractivity contribution < 1.29 is 13.9 Å². The van der Waals surface area contributed by atoms with Gasteiger partial charge in [0.1, 0.15) is 11.3 Å². The minimum atomic E-state index is 0.00157. The van der Waals surface area contributed by atoms with Crippen molar-refractivity contribution in [2.24, 2.45) is 0 Å². The van der Waals surface area contributed by atoms with Crippen LogP contribution < -0.4 is 9.64 Å². The minimum absolute atomic E-state index is 0.00157. The summed E-state index contributed by atoms with van der Waals surface area (Å²) < 4.78 is 11.8. The molecule has 1 amide bonds. The monoisotopic (exact) mass is 449 g/mol. The molecule has 4 nitrogen and oxygen atoms in total. The third-order valence-corrected chi connectivity index (χ3v) is 5.32. The van der Waals surface area contributed by atoms with E-state index in [0.29, 0.717) is 6.54 Å². The Kier molecular flexibility index (Phi) is 5.67. The topological polar surface area (TPSA) is 42.7 Å². The second-order valence-corrected chi connectivity index (χ2v) is 7.66. The standard InChI is InChI=1S/C24H20BrNO3/c1-28-21-10-8-20(9-11-21)26(15-17-5-3-2-4-6-17)24(27)13-18-16-29-23-12-7-19(25)14-22(18)23/h2-12,14,16H,13,15H2,1H3. The molecular formula is C24H20BrNO3. The van der Waals surface area contributed by atoms with Crippen molar-refractivity contribution in [3.05, 3.63) is 94.7 Å². The fraction of sp³-hybridized carbons (Fsp3) is 0.125. The molecule has 0 aliphatic rings. The van der Waals surface area contributed by atoms with Crippen molar-refractivity contribution in [3.63, 3.8) is 0 Å². The average Bonchev–Trinajstić information content (AvgIpc) is 3.14. The lowest BCUT2D eigenvalue weighted by molar-refractivity contribution is -0.118. The number of halogens is 1. The number of carbonyl (C=O) groups excluding carboxylic acids is 1. The molecule has 0 spiro atoms. The first kappa shape index (κ1) is 19.3. The Morgan fingerprint density at radius 3 is 2.52 bits per heavy atom. The molecule has 146 valence electrons. The van der Waals surface area contributed by atoms with Gasteiger partial charge >= 0.3 is 0 Å². The van der Waals surface area contributed by atoms with Gasteiger partial charge in [-0.25, -0.2) is 0 Å². The number of hydrogen-bond donors (Lipinski definition) is 0. The van der Waals surface area contributed by atoms with E-state index in [9.17, 15) is 4.79 Å². The lowest BCUT2D eigenvalue weighted by Gasteiger charge is -2.23. The van der Waals surface area contributed by atoms with E-state index in [-0.39, 0.29) is 12.3 Å². The van der Waals surface area contributed by atoms with Crippen LogP contribution in [0.15, 0.2) is 87.9 Å². The number of methoxy groups -OCH3 is 1. The van der Waals surface area contributed by atoms with E-state index in [1.165, 1.54) is 0 Å². The van der Waals surface area contributed by atoms with Crippen LogP contribution in [0.2, 0.25) is 0 Å². The minimum Gasteiger partial charge on any atom is -0.497 e. The summed E-state index contributed by atoms with van der Waals surface area (Å²) in [7, 11) is 1.63. The summed E-state index contributed by atoms with van der Waals surface area (Å²) in [6.45, 7) is 0.492. The molecule has 0 aliphatic heterocycles. The van der Waals surface area contributed by atoms with Crippen molar-refractivity contribution in [1.29, 1.82) is 0 Å². The van der Waals surface area contributed by atoms with Crippen LogP contribution >= 0.6 is 15.9 Å². The number of nitrogens with zero attached hydrogens (tertiary/aromatic N) is 1. The Morgan fingerprint density at radius 2 is 1.79 bits per heavy atom. The maximum Gasteiger partial charge on any atom is 0.231 e. The molecule has 0 saturated heterocycles. The Morgan fingerprint density at radius 1 is 1.03 bits per heavy atom. The van der Waals surface area contributed by atoms with Gasteiger partial charge in [-0.3, -0.25) is 4.79 Å². The predicted molar refractivity (Wildman–Crippen MR) is 118 cm³/mol. The summed E-state index contributed by atoms with van der Waals surface area (Å²) in [5.41, 5.74) is 3.54. The molecule has 4 rings (SSSR count). The average molecular weight is 450 g/mol. The van der Waals surface area contributed by atoms with Gasteiger partial charge in [-0.05, 0) is 48.0 Å². The second-order valence-electron chi connectivity index (χ2n) is 6.74. The van der Waals surface area contributed by atoms with Gasteiger partial charge in [-0.2, -0.15) is 0 Å². The van der Waals surface area contributed by atoms with Crippen molar-refractivity contribution in [3.8, 4) is 5.75 Å². The highest BCUT2D eigenvalue weighted by molar-refractivity contribution is 9.10. The lowest BCUT2D eigenvalue weighted by Crippen LogP contribution is -2.31. The number of ether oxygens (including phenoxy) is 1. The number of carbonyl (C=O) groups is 1. The Balaban J connectivity index is 1.65. The highest BCUT2D eigenvalue weighted by Crippen LogP contribution is 2.27. The fourth-order valence-corrected chi connectivity index (χ4v) is 3.66. The molecule has 4 aromatic rings. The van der Waals surface area contributed by atoms with Crippen LogP contribution in [0.3, 0.4) is 0 Å². The SMILES string of the molecule is COc1ccc(N(Cc2ccccc2)C(=O)Cc2coc3ccc(Br)cc23)cc1. The molecule has 0 fully saturated rings. The third-order valence-electron chi connectivity index (χ3n) is 4.83.